The molecule has 3 rings (SSSR count). The maximum absolute atomic E-state index is 2.42. The first-order valence-corrected chi connectivity index (χ1v) is 8.40. The van der Waals surface area contributed by atoms with Crippen LogP contribution in [-0.2, 0) is 0 Å². The highest BCUT2D eigenvalue weighted by molar-refractivity contribution is 6.72. The lowest BCUT2D eigenvalue weighted by Gasteiger charge is -2.21. The molecule has 0 saturated carbocycles. The molecule has 0 amide bonds. The van der Waals surface area contributed by atoms with Gasteiger partial charge in [-0.15, -0.1) is 0 Å². The van der Waals surface area contributed by atoms with Gasteiger partial charge < -0.3 is 0 Å². The fourth-order valence-electron chi connectivity index (χ4n) is 2.63. The van der Waals surface area contributed by atoms with E-state index in [0.29, 0.717) is 5.54 Å². The molecule has 0 atom stereocenters. The molecule has 88 valence electrons. The van der Waals surface area contributed by atoms with E-state index < -0.39 is 8.80 Å². The van der Waals surface area contributed by atoms with Gasteiger partial charge in [0.05, 0.1) is 8.80 Å². The van der Waals surface area contributed by atoms with E-state index in [4.69, 9.17) is 0 Å². The maximum Gasteiger partial charge on any atom is 0.0971 e. The van der Waals surface area contributed by atoms with Gasteiger partial charge in [0, 0.05) is 5.54 Å². The van der Waals surface area contributed by atoms with E-state index in [-0.39, 0.29) is 0 Å². The first-order valence-electron chi connectivity index (χ1n) is 6.40. The van der Waals surface area contributed by atoms with Crippen molar-refractivity contribution in [2.24, 2.45) is 0 Å². The molecule has 1 aliphatic rings. The molecule has 0 radical (unpaired) electrons. The molecule has 0 unspecified atom stereocenters. The van der Waals surface area contributed by atoms with Crippen molar-refractivity contribution in [1.29, 1.82) is 0 Å². The summed E-state index contributed by atoms with van der Waals surface area (Å²) >= 11 is 0. The van der Waals surface area contributed by atoms with Crippen LogP contribution in [0.1, 0.15) is 16.7 Å². The van der Waals surface area contributed by atoms with E-state index in [9.17, 15) is 0 Å². The summed E-state index contributed by atoms with van der Waals surface area (Å²) in [5.41, 5.74) is 8.28. The van der Waals surface area contributed by atoms with Crippen LogP contribution in [0.3, 0.4) is 0 Å². The molecule has 0 fully saturated rings. The van der Waals surface area contributed by atoms with E-state index in [2.05, 4.69) is 84.2 Å². The summed E-state index contributed by atoms with van der Waals surface area (Å²) in [4.78, 5) is 0. The van der Waals surface area contributed by atoms with Gasteiger partial charge in [-0.05, 0) is 11.1 Å². The third kappa shape index (κ3) is 2.22. The highest BCUT2D eigenvalue weighted by Crippen LogP contribution is 2.29. The van der Waals surface area contributed by atoms with Gasteiger partial charge in [-0.25, -0.2) is 0 Å². The van der Waals surface area contributed by atoms with Crippen molar-refractivity contribution in [3.05, 3.63) is 95.3 Å². The van der Waals surface area contributed by atoms with Gasteiger partial charge in [-0.3, -0.25) is 0 Å². The molecule has 0 aromatic heterocycles. The van der Waals surface area contributed by atoms with E-state index >= 15 is 0 Å². The molecule has 2 aromatic carbocycles. The zero-order valence-electron chi connectivity index (χ0n) is 10.2. The third-order valence-electron chi connectivity index (χ3n) is 3.48. The zero-order chi connectivity index (χ0) is 12.2. The van der Waals surface area contributed by atoms with E-state index in [0.717, 1.165) is 0 Å². The van der Waals surface area contributed by atoms with E-state index in [1.54, 1.807) is 0 Å². The van der Waals surface area contributed by atoms with Crippen LogP contribution >= 0.6 is 0 Å². The molecule has 1 heteroatoms. The van der Waals surface area contributed by atoms with Crippen LogP contribution in [-0.4, -0.2) is 8.80 Å². The molecule has 0 bridgehead atoms. The molecule has 0 N–H and O–H groups in total. The molecule has 0 saturated heterocycles. The van der Waals surface area contributed by atoms with Gasteiger partial charge in [-0.2, -0.15) is 0 Å². The standard InChI is InChI=1S/C17H16Si/c1-3-9-15(10-4-1)17(18-13-7-8-14-18)16-11-5-2-6-12-16/h1-14,17-18H. The first-order chi connectivity index (χ1) is 8.95. The average Bonchev–Trinajstić information content (AvgIpc) is 2.95. The Morgan fingerprint density at radius 2 is 1.06 bits per heavy atom. The predicted octanol–water partition coefficient (Wildman–Crippen LogP) is 3.79. The van der Waals surface area contributed by atoms with Crippen LogP contribution in [0.2, 0.25) is 0 Å². The number of benzene rings is 2. The second-order valence-electron chi connectivity index (χ2n) is 4.65. The van der Waals surface area contributed by atoms with Gasteiger partial charge >= 0.3 is 0 Å². The minimum absolute atomic E-state index is 0.558. The number of rotatable bonds is 3. The quantitative estimate of drug-likeness (QED) is 0.725. The van der Waals surface area contributed by atoms with Crippen LogP contribution in [0.25, 0.3) is 0 Å². The molecule has 1 heterocycles. The Hall–Kier alpha value is -1.86. The van der Waals surface area contributed by atoms with Crippen LogP contribution in [0, 0.1) is 0 Å². The summed E-state index contributed by atoms with van der Waals surface area (Å²) in [6.07, 6.45) is 4.41. The Labute approximate surface area is 110 Å². The van der Waals surface area contributed by atoms with Crippen molar-refractivity contribution in [2.75, 3.05) is 0 Å². The Balaban J connectivity index is 2.04. The molecule has 2 aromatic rings. The number of hydrogen-bond acceptors (Lipinski definition) is 0. The Morgan fingerprint density at radius 3 is 1.50 bits per heavy atom. The lowest BCUT2D eigenvalue weighted by molar-refractivity contribution is 1.12. The van der Waals surface area contributed by atoms with Crippen LogP contribution in [0.15, 0.2) is 84.2 Å². The van der Waals surface area contributed by atoms with Crippen LogP contribution < -0.4 is 0 Å². The Kier molecular flexibility index (Phi) is 3.24. The Morgan fingerprint density at radius 1 is 0.611 bits per heavy atom. The van der Waals surface area contributed by atoms with Gasteiger partial charge in [0.1, 0.15) is 0 Å². The van der Waals surface area contributed by atoms with Gasteiger partial charge in [-0.1, -0.05) is 84.2 Å². The van der Waals surface area contributed by atoms with E-state index in [1.807, 2.05) is 0 Å². The summed E-state index contributed by atoms with van der Waals surface area (Å²) in [7, 11) is -1.01. The topological polar surface area (TPSA) is 0 Å². The largest absolute Gasteiger partial charge is 0.0971 e. The van der Waals surface area contributed by atoms with Crippen molar-refractivity contribution in [2.45, 2.75) is 5.54 Å². The van der Waals surface area contributed by atoms with Gasteiger partial charge in [0.2, 0.25) is 0 Å². The van der Waals surface area contributed by atoms with Crippen molar-refractivity contribution in [3.8, 4) is 0 Å². The van der Waals surface area contributed by atoms with Crippen molar-refractivity contribution < 1.29 is 0 Å². The van der Waals surface area contributed by atoms with E-state index in [1.165, 1.54) is 11.1 Å². The van der Waals surface area contributed by atoms with Gasteiger partial charge in [0.25, 0.3) is 0 Å². The second-order valence-corrected chi connectivity index (χ2v) is 7.24. The maximum atomic E-state index is 2.42. The van der Waals surface area contributed by atoms with Gasteiger partial charge in [0.15, 0.2) is 0 Å². The monoisotopic (exact) mass is 248 g/mol. The lowest BCUT2D eigenvalue weighted by atomic mass is 10.0. The minimum atomic E-state index is -1.01. The zero-order valence-corrected chi connectivity index (χ0v) is 11.4. The first kappa shape index (κ1) is 11.2. The molecule has 1 aliphatic heterocycles. The normalized spacial score (nSPS) is 14.5. The predicted molar refractivity (Wildman–Crippen MR) is 80.2 cm³/mol. The molecule has 0 spiro atoms. The fourth-order valence-corrected chi connectivity index (χ4v) is 5.30. The highest BCUT2D eigenvalue weighted by atomic mass is 28.3. The summed E-state index contributed by atoms with van der Waals surface area (Å²) < 4.78 is 0. The third-order valence-corrected chi connectivity index (χ3v) is 6.35. The SMILES string of the molecule is C1=C[SiH](C(c2ccccc2)c2ccccc2)C=C1. The Bertz CT molecular complexity index is 503. The van der Waals surface area contributed by atoms with Crippen LogP contribution in [0.5, 0.6) is 0 Å². The molecular weight excluding hydrogens is 232 g/mol. The lowest BCUT2D eigenvalue weighted by Crippen LogP contribution is -2.19. The summed E-state index contributed by atoms with van der Waals surface area (Å²) in [6, 6.07) is 21.8. The van der Waals surface area contributed by atoms with Crippen molar-refractivity contribution in [1.82, 2.24) is 0 Å². The second kappa shape index (κ2) is 5.19. The number of allylic oxidation sites excluding steroid dienone is 2. The van der Waals surface area contributed by atoms with Crippen molar-refractivity contribution >= 4 is 8.80 Å². The average molecular weight is 248 g/mol. The van der Waals surface area contributed by atoms with Crippen molar-refractivity contribution in [3.63, 3.8) is 0 Å². The summed E-state index contributed by atoms with van der Waals surface area (Å²) in [5.74, 6) is 0. The number of hydrogen-bond donors (Lipinski definition) is 0. The highest BCUT2D eigenvalue weighted by Gasteiger charge is 2.23. The molecule has 0 aliphatic carbocycles. The summed E-state index contributed by atoms with van der Waals surface area (Å²) in [5, 5.41) is 0. The fraction of sp³-hybridized carbons (Fsp3) is 0.0588. The van der Waals surface area contributed by atoms with Crippen LogP contribution in [0.4, 0.5) is 0 Å². The molecule has 18 heavy (non-hydrogen) atoms. The molecular formula is C17H16Si. The molecule has 0 nitrogen and oxygen atoms in total. The summed E-state index contributed by atoms with van der Waals surface area (Å²) in [6.45, 7) is 0. The smallest absolute Gasteiger partial charge is 0.0927 e. The minimum Gasteiger partial charge on any atom is -0.0927 e.